The maximum atomic E-state index is 10.9. The van der Waals surface area contributed by atoms with Gasteiger partial charge in [0.15, 0.2) is 0 Å². The second kappa shape index (κ2) is 5.98. The van der Waals surface area contributed by atoms with Crippen LogP contribution in [0.1, 0.15) is 40.7 Å². The second-order valence-corrected chi connectivity index (χ2v) is 4.78. The van der Waals surface area contributed by atoms with Gasteiger partial charge in [0.2, 0.25) is 0 Å². The molecule has 1 aliphatic rings. The Morgan fingerprint density at radius 3 is 2.67 bits per heavy atom. The Labute approximate surface area is 107 Å². The minimum absolute atomic E-state index is 0.266. The zero-order chi connectivity index (χ0) is 13.0. The Morgan fingerprint density at radius 1 is 1.17 bits per heavy atom. The maximum Gasteiger partial charge on any atom is 0.335 e. The fraction of sp³-hybridized carbons (Fsp3) is 0.500. The number of fused-ring (bicyclic) bond motifs is 1. The number of carbonyl (C=O) groups is 1. The van der Waals surface area contributed by atoms with Gasteiger partial charge in [0.05, 0.1) is 5.56 Å². The van der Waals surface area contributed by atoms with E-state index in [9.17, 15) is 4.79 Å². The molecule has 0 radical (unpaired) electrons. The largest absolute Gasteiger partial charge is 0.478 e. The molecule has 2 rings (SSSR count). The number of hydrogen-bond donors (Lipinski definition) is 2. The van der Waals surface area contributed by atoms with Gasteiger partial charge < -0.3 is 10.2 Å². The summed E-state index contributed by atoms with van der Waals surface area (Å²) in [6.07, 6.45) is 2.99. The van der Waals surface area contributed by atoms with Gasteiger partial charge in [-0.15, -0.1) is 0 Å². The molecule has 4 nitrogen and oxygen atoms in total. The molecule has 0 fully saturated rings. The van der Waals surface area contributed by atoms with Gasteiger partial charge in [-0.25, -0.2) is 4.79 Å². The fourth-order valence-corrected chi connectivity index (χ4v) is 2.38. The normalized spacial score (nSPS) is 14.7. The highest BCUT2D eigenvalue weighted by Crippen LogP contribution is 2.24. The van der Waals surface area contributed by atoms with E-state index in [1.54, 1.807) is 12.1 Å². The van der Waals surface area contributed by atoms with E-state index in [-0.39, 0.29) is 6.61 Å². The Morgan fingerprint density at radius 2 is 1.94 bits per heavy atom. The zero-order valence-corrected chi connectivity index (χ0v) is 10.4. The molecule has 0 saturated heterocycles. The first-order valence-electron chi connectivity index (χ1n) is 6.39. The first-order chi connectivity index (χ1) is 8.70. The van der Waals surface area contributed by atoms with Crippen LogP contribution >= 0.6 is 0 Å². The highest BCUT2D eigenvalue weighted by atomic mass is 16.4. The summed E-state index contributed by atoms with van der Waals surface area (Å²) in [4.78, 5) is 13.2. The van der Waals surface area contributed by atoms with Crippen molar-refractivity contribution < 1.29 is 15.0 Å². The third-order valence-corrected chi connectivity index (χ3v) is 3.37. The molecule has 1 heterocycles. The molecular formula is C14H19NO3. The highest BCUT2D eigenvalue weighted by molar-refractivity contribution is 5.87. The van der Waals surface area contributed by atoms with Gasteiger partial charge in [-0.1, -0.05) is 6.07 Å². The average Bonchev–Trinajstić information content (AvgIpc) is 2.76. The summed E-state index contributed by atoms with van der Waals surface area (Å²) in [5.41, 5.74) is 2.75. The minimum Gasteiger partial charge on any atom is -0.478 e. The van der Waals surface area contributed by atoms with Crippen molar-refractivity contribution in [2.45, 2.75) is 32.4 Å². The van der Waals surface area contributed by atoms with Crippen molar-refractivity contribution >= 4 is 5.97 Å². The van der Waals surface area contributed by atoms with Gasteiger partial charge in [0.25, 0.3) is 0 Å². The molecule has 2 N–H and O–H groups in total. The van der Waals surface area contributed by atoms with Crippen molar-refractivity contribution in [2.24, 2.45) is 0 Å². The SMILES string of the molecule is O=C(O)c1ccc2c(c1)CN(CCCCCO)C2. The van der Waals surface area contributed by atoms with E-state index >= 15 is 0 Å². The number of nitrogens with zero attached hydrogens (tertiary/aromatic N) is 1. The molecule has 0 spiro atoms. The topological polar surface area (TPSA) is 60.8 Å². The van der Waals surface area contributed by atoms with E-state index in [0.717, 1.165) is 44.5 Å². The number of hydrogen-bond acceptors (Lipinski definition) is 3. The molecule has 18 heavy (non-hydrogen) atoms. The lowest BCUT2D eigenvalue weighted by molar-refractivity contribution is 0.0696. The van der Waals surface area contributed by atoms with Crippen molar-refractivity contribution in [3.63, 3.8) is 0 Å². The van der Waals surface area contributed by atoms with Gasteiger partial charge in [-0.3, -0.25) is 4.90 Å². The van der Waals surface area contributed by atoms with Gasteiger partial charge in [0, 0.05) is 19.7 Å². The molecule has 0 bridgehead atoms. The Bertz CT molecular complexity index is 431. The number of carboxylic acid groups (broad SMARTS) is 1. The van der Waals surface area contributed by atoms with Gasteiger partial charge in [-0.2, -0.15) is 0 Å². The number of aromatic carboxylic acids is 1. The monoisotopic (exact) mass is 249 g/mol. The van der Waals surface area contributed by atoms with Crippen LogP contribution in [0.4, 0.5) is 0 Å². The number of rotatable bonds is 6. The second-order valence-electron chi connectivity index (χ2n) is 4.78. The Balaban J connectivity index is 1.89. The van der Waals surface area contributed by atoms with E-state index < -0.39 is 5.97 Å². The van der Waals surface area contributed by atoms with Crippen LogP contribution < -0.4 is 0 Å². The molecule has 0 aliphatic carbocycles. The molecule has 1 aromatic rings. The van der Waals surface area contributed by atoms with Crippen LogP contribution in [0.15, 0.2) is 18.2 Å². The summed E-state index contributed by atoms with van der Waals surface area (Å²) >= 11 is 0. The quantitative estimate of drug-likeness (QED) is 0.755. The van der Waals surface area contributed by atoms with Crippen molar-refractivity contribution in [1.29, 1.82) is 0 Å². The summed E-state index contributed by atoms with van der Waals surface area (Å²) in [5, 5.41) is 17.7. The predicted octanol–water partition coefficient (Wildman–Crippen LogP) is 1.86. The van der Waals surface area contributed by atoms with E-state index in [2.05, 4.69) is 4.90 Å². The molecule has 98 valence electrons. The molecule has 0 atom stereocenters. The van der Waals surface area contributed by atoms with Crippen LogP contribution in [-0.2, 0) is 13.1 Å². The molecule has 1 aliphatic heterocycles. The lowest BCUT2D eigenvalue weighted by Crippen LogP contribution is -2.17. The third-order valence-electron chi connectivity index (χ3n) is 3.37. The standard InChI is InChI=1S/C14H19NO3/c16-7-3-1-2-6-15-9-12-5-4-11(14(17)18)8-13(12)10-15/h4-5,8,16H,1-3,6-7,9-10H2,(H,17,18). The first-order valence-corrected chi connectivity index (χ1v) is 6.39. The van der Waals surface area contributed by atoms with E-state index in [4.69, 9.17) is 10.2 Å². The summed E-state index contributed by atoms with van der Waals surface area (Å²) in [5.74, 6) is -0.862. The molecule has 0 aromatic heterocycles. The van der Waals surface area contributed by atoms with Gasteiger partial charge in [0.1, 0.15) is 0 Å². The van der Waals surface area contributed by atoms with Gasteiger partial charge in [-0.05, 0) is 49.1 Å². The zero-order valence-electron chi connectivity index (χ0n) is 10.4. The number of benzene rings is 1. The molecule has 4 heteroatoms. The number of aliphatic hydroxyl groups excluding tert-OH is 1. The Kier molecular flexibility index (Phi) is 4.33. The smallest absolute Gasteiger partial charge is 0.335 e. The highest BCUT2D eigenvalue weighted by Gasteiger charge is 2.19. The minimum atomic E-state index is -0.862. The van der Waals surface area contributed by atoms with Crippen LogP contribution in [-0.4, -0.2) is 34.2 Å². The average molecular weight is 249 g/mol. The third kappa shape index (κ3) is 3.09. The van der Waals surface area contributed by atoms with Crippen molar-refractivity contribution in [3.05, 3.63) is 34.9 Å². The predicted molar refractivity (Wildman–Crippen MR) is 68.5 cm³/mol. The van der Waals surface area contributed by atoms with Crippen molar-refractivity contribution in [2.75, 3.05) is 13.2 Å². The molecule has 0 amide bonds. The van der Waals surface area contributed by atoms with Crippen LogP contribution in [0, 0.1) is 0 Å². The lowest BCUT2D eigenvalue weighted by atomic mass is 10.1. The first kappa shape index (κ1) is 13.1. The van der Waals surface area contributed by atoms with E-state index in [1.165, 1.54) is 5.56 Å². The molecular weight excluding hydrogens is 230 g/mol. The maximum absolute atomic E-state index is 10.9. The van der Waals surface area contributed by atoms with Crippen LogP contribution in [0.3, 0.4) is 0 Å². The summed E-state index contributed by atoms with van der Waals surface area (Å²) in [6.45, 7) is 3.03. The van der Waals surface area contributed by atoms with Gasteiger partial charge >= 0.3 is 5.97 Å². The number of aliphatic hydroxyl groups is 1. The molecule has 0 unspecified atom stereocenters. The summed E-state index contributed by atoms with van der Waals surface area (Å²) in [6, 6.07) is 5.38. The summed E-state index contributed by atoms with van der Waals surface area (Å²) < 4.78 is 0. The number of carboxylic acids is 1. The van der Waals surface area contributed by atoms with E-state index in [1.807, 2.05) is 6.07 Å². The fourth-order valence-electron chi connectivity index (χ4n) is 2.38. The van der Waals surface area contributed by atoms with E-state index in [0.29, 0.717) is 5.56 Å². The van der Waals surface area contributed by atoms with Crippen molar-refractivity contribution in [1.82, 2.24) is 4.90 Å². The molecule has 1 aromatic carbocycles. The Hall–Kier alpha value is -1.39. The molecule has 0 saturated carbocycles. The number of unbranched alkanes of at least 4 members (excludes halogenated alkanes) is 2. The van der Waals surface area contributed by atoms with Crippen molar-refractivity contribution in [3.8, 4) is 0 Å². The van der Waals surface area contributed by atoms with Crippen LogP contribution in [0.2, 0.25) is 0 Å². The van der Waals surface area contributed by atoms with Crippen LogP contribution in [0.25, 0.3) is 0 Å². The summed E-state index contributed by atoms with van der Waals surface area (Å²) in [7, 11) is 0. The lowest BCUT2D eigenvalue weighted by Gasteiger charge is -2.13. The van der Waals surface area contributed by atoms with Crippen LogP contribution in [0.5, 0.6) is 0 Å².